The molecule has 1 rings (SSSR count). The van der Waals surface area contributed by atoms with Crippen LogP contribution < -0.4 is 10.6 Å². The zero-order chi connectivity index (χ0) is 18.0. The largest absolute Gasteiger partial charge is 0.357 e. The Morgan fingerprint density at radius 1 is 1.24 bits per heavy atom. The van der Waals surface area contributed by atoms with Crippen molar-refractivity contribution in [2.45, 2.75) is 71.1 Å². The molecule has 0 spiro atoms. The van der Waals surface area contributed by atoms with E-state index >= 15 is 0 Å². The van der Waals surface area contributed by atoms with Gasteiger partial charge in [-0.3, -0.25) is 14.1 Å². The summed E-state index contributed by atoms with van der Waals surface area (Å²) in [5, 5.41) is 6.59. The summed E-state index contributed by atoms with van der Waals surface area (Å²) in [5.74, 6) is 1.49. The summed E-state index contributed by atoms with van der Waals surface area (Å²) in [6.45, 7) is 15.0. The minimum absolute atomic E-state index is 0. The summed E-state index contributed by atoms with van der Waals surface area (Å²) < 4.78 is 11.9. The van der Waals surface area contributed by atoms with Crippen LogP contribution in [-0.4, -0.2) is 64.3 Å². The fourth-order valence-corrected chi connectivity index (χ4v) is 3.92. The van der Waals surface area contributed by atoms with Crippen molar-refractivity contribution in [3.8, 4) is 0 Å². The van der Waals surface area contributed by atoms with Gasteiger partial charge in [-0.05, 0) is 53.5 Å². The number of nitrogens with zero attached hydrogens (tertiary/aromatic N) is 2. The molecular formula is C18H39IN4OS. The second-order valence-corrected chi connectivity index (χ2v) is 9.77. The Labute approximate surface area is 174 Å². The molecule has 1 saturated heterocycles. The van der Waals surface area contributed by atoms with E-state index in [0.29, 0.717) is 12.3 Å². The van der Waals surface area contributed by atoms with Gasteiger partial charge in [-0.25, -0.2) is 0 Å². The lowest BCUT2D eigenvalue weighted by atomic mass is 10.0. The highest BCUT2D eigenvalue weighted by Gasteiger charge is 2.20. The standard InChI is InChI=1S/C18H38N4OS.HI/c1-6-16-10-8-9-13-22(16)14-11-20-17(19-7-2)21-12-15-24(23)18(3,4)5;/h16H,6-15H2,1-5H3,(H2,19,20,21);1H. The molecule has 2 atom stereocenters. The summed E-state index contributed by atoms with van der Waals surface area (Å²) in [6.07, 6.45) is 5.25. The molecule has 150 valence electrons. The van der Waals surface area contributed by atoms with Crippen LogP contribution >= 0.6 is 24.0 Å². The molecule has 0 bridgehead atoms. The molecule has 5 nitrogen and oxygen atoms in total. The SMILES string of the molecule is CCNC(=NCCN1CCCCC1CC)NCCS(=O)C(C)(C)C.I. The van der Waals surface area contributed by atoms with Crippen LogP contribution in [0.15, 0.2) is 4.99 Å². The van der Waals surface area contributed by atoms with Crippen LogP contribution in [0.5, 0.6) is 0 Å². The Morgan fingerprint density at radius 2 is 1.96 bits per heavy atom. The van der Waals surface area contributed by atoms with Gasteiger partial charge in [0.1, 0.15) is 0 Å². The highest BCUT2D eigenvalue weighted by atomic mass is 127. The van der Waals surface area contributed by atoms with Gasteiger partial charge in [0.25, 0.3) is 0 Å². The maximum Gasteiger partial charge on any atom is 0.191 e. The third-order valence-electron chi connectivity index (χ3n) is 4.48. The van der Waals surface area contributed by atoms with Gasteiger partial charge in [0.05, 0.1) is 6.54 Å². The number of likely N-dealkylation sites (tertiary alicyclic amines) is 1. The van der Waals surface area contributed by atoms with Crippen molar-refractivity contribution in [2.24, 2.45) is 4.99 Å². The molecule has 1 heterocycles. The second-order valence-electron chi connectivity index (χ2n) is 7.44. The molecule has 2 N–H and O–H groups in total. The quantitative estimate of drug-likeness (QED) is 0.315. The average Bonchev–Trinajstić information content (AvgIpc) is 2.54. The molecule has 0 saturated carbocycles. The van der Waals surface area contributed by atoms with Crippen LogP contribution in [0.4, 0.5) is 0 Å². The van der Waals surface area contributed by atoms with E-state index < -0.39 is 10.8 Å². The number of guanidine groups is 1. The average molecular weight is 487 g/mol. The first kappa shape index (κ1) is 25.1. The Kier molecular flexibility index (Phi) is 13.4. The summed E-state index contributed by atoms with van der Waals surface area (Å²) in [5.41, 5.74) is 0. The molecule has 0 radical (unpaired) electrons. The maximum absolute atomic E-state index is 12.1. The number of rotatable bonds is 8. The number of nitrogens with one attached hydrogen (secondary N) is 2. The molecule has 0 aromatic rings. The minimum Gasteiger partial charge on any atom is -0.357 e. The molecule has 1 fully saturated rings. The van der Waals surface area contributed by atoms with Crippen molar-refractivity contribution in [1.29, 1.82) is 0 Å². The Bertz CT molecular complexity index is 412. The lowest BCUT2D eigenvalue weighted by molar-refractivity contribution is 0.148. The number of piperidine rings is 1. The van der Waals surface area contributed by atoms with Gasteiger partial charge in [0.2, 0.25) is 0 Å². The zero-order valence-corrected chi connectivity index (χ0v) is 19.9. The molecule has 25 heavy (non-hydrogen) atoms. The highest BCUT2D eigenvalue weighted by Crippen LogP contribution is 2.18. The summed E-state index contributed by atoms with van der Waals surface area (Å²) in [7, 11) is -0.827. The molecule has 0 aromatic heterocycles. The van der Waals surface area contributed by atoms with Gasteiger partial charge in [0, 0.05) is 47.0 Å². The number of hydrogen-bond donors (Lipinski definition) is 2. The number of aliphatic imine (C=N–C) groups is 1. The van der Waals surface area contributed by atoms with E-state index in [2.05, 4.69) is 34.4 Å². The van der Waals surface area contributed by atoms with Crippen molar-refractivity contribution in [1.82, 2.24) is 15.5 Å². The molecule has 7 heteroatoms. The first-order valence-electron chi connectivity index (χ1n) is 9.53. The smallest absolute Gasteiger partial charge is 0.191 e. The van der Waals surface area contributed by atoms with Crippen molar-refractivity contribution in [2.75, 3.05) is 38.5 Å². The summed E-state index contributed by atoms with van der Waals surface area (Å²) >= 11 is 0. The topological polar surface area (TPSA) is 56.7 Å². The predicted molar refractivity (Wildman–Crippen MR) is 122 cm³/mol. The first-order valence-corrected chi connectivity index (χ1v) is 10.8. The fraction of sp³-hybridized carbons (Fsp3) is 0.944. The van der Waals surface area contributed by atoms with Gasteiger partial charge in [0.15, 0.2) is 5.96 Å². The summed E-state index contributed by atoms with van der Waals surface area (Å²) in [6, 6.07) is 0.735. The monoisotopic (exact) mass is 486 g/mol. The number of halogens is 1. The van der Waals surface area contributed by atoms with E-state index in [1.807, 2.05) is 20.8 Å². The van der Waals surface area contributed by atoms with E-state index in [1.165, 1.54) is 32.2 Å². The van der Waals surface area contributed by atoms with Crippen LogP contribution in [-0.2, 0) is 10.8 Å². The van der Waals surface area contributed by atoms with Gasteiger partial charge in [-0.15, -0.1) is 24.0 Å². The van der Waals surface area contributed by atoms with Crippen molar-refractivity contribution >= 4 is 40.7 Å². The third-order valence-corrected chi connectivity index (χ3v) is 6.43. The maximum atomic E-state index is 12.1. The van der Waals surface area contributed by atoms with Crippen molar-refractivity contribution < 1.29 is 4.21 Å². The van der Waals surface area contributed by atoms with Crippen LogP contribution in [0.1, 0.15) is 60.3 Å². The van der Waals surface area contributed by atoms with E-state index in [1.54, 1.807) is 0 Å². The Hall–Kier alpha value is 0.110. The molecule has 0 amide bonds. The number of hydrogen-bond acceptors (Lipinski definition) is 3. The Balaban J connectivity index is 0.00000576. The normalized spacial score (nSPS) is 20.7. The first-order chi connectivity index (χ1) is 11.4. The van der Waals surface area contributed by atoms with E-state index in [4.69, 9.17) is 0 Å². The molecule has 1 aliphatic rings. The van der Waals surface area contributed by atoms with Gasteiger partial charge in [-0.2, -0.15) is 0 Å². The van der Waals surface area contributed by atoms with Crippen molar-refractivity contribution in [3.63, 3.8) is 0 Å². The predicted octanol–water partition coefficient (Wildman–Crippen LogP) is 2.97. The van der Waals surface area contributed by atoms with E-state index in [9.17, 15) is 4.21 Å². The lowest BCUT2D eigenvalue weighted by Gasteiger charge is -2.34. The second kappa shape index (κ2) is 13.3. The van der Waals surface area contributed by atoms with E-state index in [-0.39, 0.29) is 28.7 Å². The molecular weight excluding hydrogens is 447 g/mol. The zero-order valence-electron chi connectivity index (χ0n) is 16.8. The highest BCUT2D eigenvalue weighted by molar-refractivity contribution is 14.0. The molecule has 2 unspecified atom stereocenters. The summed E-state index contributed by atoms with van der Waals surface area (Å²) in [4.78, 5) is 7.28. The lowest BCUT2D eigenvalue weighted by Crippen LogP contribution is -2.42. The molecule has 0 aliphatic carbocycles. The molecule has 0 aromatic carbocycles. The van der Waals surface area contributed by atoms with Crippen molar-refractivity contribution in [3.05, 3.63) is 0 Å². The molecule has 1 aliphatic heterocycles. The van der Waals surface area contributed by atoms with Crippen LogP contribution in [0.2, 0.25) is 0 Å². The van der Waals surface area contributed by atoms with Gasteiger partial charge < -0.3 is 10.6 Å². The Morgan fingerprint density at radius 3 is 2.56 bits per heavy atom. The third kappa shape index (κ3) is 10.1. The van der Waals surface area contributed by atoms with E-state index in [0.717, 1.165) is 31.6 Å². The van der Waals surface area contributed by atoms with Crippen LogP contribution in [0.25, 0.3) is 0 Å². The van der Waals surface area contributed by atoms with Crippen LogP contribution in [0, 0.1) is 0 Å². The van der Waals surface area contributed by atoms with Gasteiger partial charge >= 0.3 is 0 Å². The van der Waals surface area contributed by atoms with Gasteiger partial charge in [-0.1, -0.05) is 13.3 Å². The fourth-order valence-electron chi connectivity index (χ4n) is 3.02. The van der Waals surface area contributed by atoms with Crippen LogP contribution in [0.3, 0.4) is 0 Å². The minimum atomic E-state index is -0.827.